The molecule has 1 heterocycles. The monoisotopic (exact) mass is 353 g/mol. The van der Waals surface area contributed by atoms with E-state index in [1.54, 1.807) is 26.0 Å². The third-order valence-electron chi connectivity index (χ3n) is 3.34. The maximum absolute atomic E-state index is 12.5. The van der Waals surface area contributed by atoms with Crippen molar-refractivity contribution in [1.82, 2.24) is 4.31 Å². The molecule has 0 amide bonds. The first-order valence-corrected chi connectivity index (χ1v) is 9.60. The summed E-state index contributed by atoms with van der Waals surface area (Å²) in [6.45, 7) is 4.50. The average molecular weight is 353 g/mol. The number of esters is 1. The summed E-state index contributed by atoms with van der Waals surface area (Å²) in [5, 5.41) is 1.90. The summed E-state index contributed by atoms with van der Waals surface area (Å²) in [5.74, 6) is -0.532. The standard InChI is InChI=1S/C16H19NO4S2/c1-3-17(4-2)23(19,20)15-9-5-7-13(11-15)16(18)21-12-14-8-6-10-22-14/h5-11H,3-4,12H2,1-2H3. The molecule has 0 N–H and O–H groups in total. The van der Waals surface area contributed by atoms with Crippen LogP contribution in [0.3, 0.4) is 0 Å². The highest BCUT2D eigenvalue weighted by Crippen LogP contribution is 2.18. The van der Waals surface area contributed by atoms with E-state index >= 15 is 0 Å². The zero-order valence-corrected chi connectivity index (χ0v) is 14.7. The Bertz CT molecular complexity index is 750. The molecule has 0 fully saturated rings. The Balaban J connectivity index is 2.17. The van der Waals surface area contributed by atoms with Crippen LogP contribution in [-0.2, 0) is 21.4 Å². The zero-order chi connectivity index (χ0) is 16.9. The van der Waals surface area contributed by atoms with Crippen LogP contribution in [0.15, 0.2) is 46.7 Å². The maximum Gasteiger partial charge on any atom is 0.338 e. The molecule has 0 aliphatic carbocycles. The number of sulfonamides is 1. The van der Waals surface area contributed by atoms with Gasteiger partial charge in [-0.1, -0.05) is 26.0 Å². The topological polar surface area (TPSA) is 63.7 Å². The summed E-state index contributed by atoms with van der Waals surface area (Å²) in [6, 6.07) is 9.72. The Morgan fingerprint density at radius 2 is 1.91 bits per heavy atom. The summed E-state index contributed by atoms with van der Waals surface area (Å²) in [7, 11) is -3.59. The van der Waals surface area contributed by atoms with Crippen molar-refractivity contribution in [2.45, 2.75) is 25.3 Å². The Kier molecular flexibility index (Phi) is 5.92. The number of nitrogens with zero attached hydrogens (tertiary/aromatic N) is 1. The first-order valence-electron chi connectivity index (χ1n) is 7.28. The predicted octanol–water partition coefficient (Wildman–Crippen LogP) is 3.14. The largest absolute Gasteiger partial charge is 0.456 e. The SMILES string of the molecule is CCN(CC)S(=O)(=O)c1cccc(C(=O)OCc2cccs2)c1. The minimum absolute atomic E-state index is 0.103. The van der Waals surface area contributed by atoms with Crippen molar-refractivity contribution in [2.75, 3.05) is 13.1 Å². The van der Waals surface area contributed by atoms with Crippen LogP contribution in [0.2, 0.25) is 0 Å². The molecule has 0 saturated heterocycles. The second kappa shape index (κ2) is 7.72. The molecule has 0 unspecified atom stereocenters. The van der Waals surface area contributed by atoms with E-state index in [0.717, 1.165) is 4.88 Å². The third kappa shape index (κ3) is 4.19. The molecule has 124 valence electrons. The molecule has 2 aromatic rings. The van der Waals surface area contributed by atoms with Crippen molar-refractivity contribution in [2.24, 2.45) is 0 Å². The number of hydrogen-bond acceptors (Lipinski definition) is 5. The number of benzene rings is 1. The number of carbonyl (C=O) groups is 1. The number of ether oxygens (including phenoxy) is 1. The van der Waals surface area contributed by atoms with Gasteiger partial charge >= 0.3 is 5.97 Å². The van der Waals surface area contributed by atoms with E-state index in [1.165, 1.54) is 27.8 Å². The quantitative estimate of drug-likeness (QED) is 0.718. The predicted molar refractivity (Wildman–Crippen MR) is 90.0 cm³/mol. The lowest BCUT2D eigenvalue weighted by molar-refractivity contribution is 0.0476. The Hall–Kier alpha value is -1.70. The molecule has 7 heteroatoms. The fraction of sp³-hybridized carbons (Fsp3) is 0.312. The normalized spacial score (nSPS) is 11.6. The van der Waals surface area contributed by atoms with Crippen LogP contribution in [0.25, 0.3) is 0 Å². The minimum Gasteiger partial charge on any atom is -0.456 e. The van der Waals surface area contributed by atoms with E-state index in [2.05, 4.69) is 0 Å². The lowest BCUT2D eigenvalue weighted by Gasteiger charge is -2.18. The van der Waals surface area contributed by atoms with Gasteiger partial charge in [-0.3, -0.25) is 0 Å². The second-order valence-electron chi connectivity index (χ2n) is 4.77. The van der Waals surface area contributed by atoms with Gasteiger partial charge in [0.2, 0.25) is 10.0 Å². The van der Waals surface area contributed by atoms with Crippen LogP contribution in [-0.4, -0.2) is 31.8 Å². The van der Waals surface area contributed by atoms with Gasteiger partial charge in [0.15, 0.2) is 0 Å². The molecule has 0 radical (unpaired) electrons. The summed E-state index contributed by atoms with van der Waals surface area (Å²) in [4.78, 5) is 13.1. The molecule has 5 nitrogen and oxygen atoms in total. The van der Waals surface area contributed by atoms with E-state index in [-0.39, 0.29) is 17.1 Å². The van der Waals surface area contributed by atoms with Gasteiger partial charge in [-0.25, -0.2) is 13.2 Å². The fourth-order valence-electron chi connectivity index (χ4n) is 2.11. The summed E-state index contributed by atoms with van der Waals surface area (Å²) in [6.07, 6.45) is 0. The number of carbonyl (C=O) groups excluding carboxylic acids is 1. The zero-order valence-electron chi connectivity index (χ0n) is 13.1. The third-order valence-corrected chi connectivity index (χ3v) is 6.23. The van der Waals surface area contributed by atoms with E-state index in [1.807, 2.05) is 17.5 Å². The molecule has 23 heavy (non-hydrogen) atoms. The van der Waals surface area contributed by atoms with Crippen LogP contribution in [0.1, 0.15) is 29.1 Å². The minimum atomic E-state index is -3.59. The molecule has 2 rings (SSSR count). The van der Waals surface area contributed by atoms with Crippen LogP contribution >= 0.6 is 11.3 Å². The molecular weight excluding hydrogens is 334 g/mol. The van der Waals surface area contributed by atoms with Gasteiger partial charge in [0.05, 0.1) is 10.5 Å². The lowest BCUT2D eigenvalue weighted by Crippen LogP contribution is -2.30. The van der Waals surface area contributed by atoms with Crippen molar-refractivity contribution in [1.29, 1.82) is 0 Å². The summed E-state index contributed by atoms with van der Waals surface area (Å²) >= 11 is 1.50. The van der Waals surface area contributed by atoms with E-state index in [4.69, 9.17) is 4.74 Å². The fourth-order valence-corrected chi connectivity index (χ4v) is 4.23. The van der Waals surface area contributed by atoms with E-state index in [9.17, 15) is 13.2 Å². The first-order chi connectivity index (χ1) is 11.0. The first kappa shape index (κ1) is 17.7. The van der Waals surface area contributed by atoms with Gasteiger partial charge in [0.1, 0.15) is 6.61 Å². The number of thiophene rings is 1. The van der Waals surface area contributed by atoms with Gasteiger partial charge in [-0.05, 0) is 29.6 Å². The lowest BCUT2D eigenvalue weighted by atomic mass is 10.2. The molecule has 0 spiro atoms. The van der Waals surface area contributed by atoms with Crippen molar-refractivity contribution in [3.8, 4) is 0 Å². The molecular formula is C16H19NO4S2. The maximum atomic E-state index is 12.5. The number of hydrogen-bond donors (Lipinski definition) is 0. The smallest absolute Gasteiger partial charge is 0.338 e. The molecule has 0 saturated carbocycles. The van der Waals surface area contributed by atoms with Gasteiger partial charge < -0.3 is 4.74 Å². The van der Waals surface area contributed by atoms with Crippen LogP contribution in [0.4, 0.5) is 0 Å². The average Bonchev–Trinajstić information content (AvgIpc) is 3.07. The van der Waals surface area contributed by atoms with Crippen molar-refractivity contribution in [3.63, 3.8) is 0 Å². The molecule has 1 aromatic heterocycles. The van der Waals surface area contributed by atoms with Gasteiger partial charge in [0, 0.05) is 18.0 Å². The highest BCUT2D eigenvalue weighted by Gasteiger charge is 2.22. The van der Waals surface area contributed by atoms with E-state index < -0.39 is 16.0 Å². The molecule has 0 bridgehead atoms. The molecule has 1 aromatic carbocycles. The number of rotatable bonds is 7. The summed E-state index contributed by atoms with van der Waals surface area (Å²) < 4.78 is 31.5. The Labute approximate surface area is 140 Å². The molecule has 0 atom stereocenters. The highest BCUT2D eigenvalue weighted by atomic mass is 32.2. The van der Waals surface area contributed by atoms with Crippen LogP contribution in [0, 0.1) is 0 Å². The van der Waals surface area contributed by atoms with Crippen molar-refractivity contribution in [3.05, 3.63) is 52.2 Å². The van der Waals surface area contributed by atoms with Crippen molar-refractivity contribution < 1.29 is 17.9 Å². The van der Waals surface area contributed by atoms with Gasteiger partial charge in [-0.2, -0.15) is 4.31 Å². The van der Waals surface area contributed by atoms with Crippen molar-refractivity contribution >= 4 is 27.3 Å². The molecule has 0 aliphatic heterocycles. The second-order valence-corrected chi connectivity index (χ2v) is 7.74. The van der Waals surface area contributed by atoms with Gasteiger partial charge in [0.25, 0.3) is 0 Å². The molecule has 0 aliphatic rings. The van der Waals surface area contributed by atoms with Crippen LogP contribution in [0.5, 0.6) is 0 Å². The van der Waals surface area contributed by atoms with Crippen LogP contribution < -0.4 is 0 Å². The summed E-state index contributed by atoms with van der Waals surface area (Å²) in [5.41, 5.74) is 0.231. The Morgan fingerprint density at radius 1 is 1.17 bits per heavy atom. The van der Waals surface area contributed by atoms with E-state index in [0.29, 0.717) is 13.1 Å². The Morgan fingerprint density at radius 3 is 2.52 bits per heavy atom. The van der Waals surface area contributed by atoms with Gasteiger partial charge in [-0.15, -0.1) is 11.3 Å². The highest BCUT2D eigenvalue weighted by molar-refractivity contribution is 7.89.